The largest absolute Gasteiger partial charge is 0.457 e. The molecule has 4 rings (SSSR count). The quantitative estimate of drug-likeness (QED) is 0.252. The summed E-state index contributed by atoms with van der Waals surface area (Å²) in [5.41, 5.74) is 0.185. The standard InChI is InChI=1S/C34H39ClFN3O5/c1-23(2)29-22-37(19-20-38(29)33(42)44-34(3,4)5)32(41)31(24-11-13-25(36)14-12-24)39(30(40)21-35)26-15-17-28(18-16-26)43-27-9-7-6-8-10-27/h6-18,23,29,31H,19-22H2,1-5H3/t29?,31-/m0/s1. The van der Waals surface area contributed by atoms with Crippen molar-refractivity contribution in [3.05, 3.63) is 90.2 Å². The molecule has 3 aromatic rings. The summed E-state index contributed by atoms with van der Waals surface area (Å²) < 4.78 is 25.5. The second-order valence-corrected chi connectivity index (χ2v) is 12.3. The molecule has 1 aliphatic rings. The van der Waals surface area contributed by atoms with Gasteiger partial charge in [-0.3, -0.25) is 14.5 Å². The van der Waals surface area contributed by atoms with E-state index in [1.54, 1.807) is 34.1 Å². The zero-order valence-electron chi connectivity index (χ0n) is 25.7. The predicted molar refractivity (Wildman–Crippen MR) is 168 cm³/mol. The maximum atomic E-state index is 14.4. The van der Waals surface area contributed by atoms with Crippen molar-refractivity contribution >= 4 is 35.2 Å². The Morgan fingerprint density at radius 3 is 2.11 bits per heavy atom. The van der Waals surface area contributed by atoms with E-state index in [9.17, 15) is 18.8 Å². The van der Waals surface area contributed by atoms with Crippen LogP contribution in [0.15, 0.2) is 78.9 Å². The summed E-state index contributed by atoms with van der Waals surface area (Å²) in [6.45, 7) is 10.1. The molecule has 1 saturated heterocycles. The molecule has 0 N–H and O–H groups in total. The third kappa shape index (κ3) is 8.08. The molecule has 0 aromatic heterocycles. The zero-order chi connectivity index (χ0) is 32.0. The number of ether oxygens (including phenoxy) is 2. The van der Waals surface area contributed by atoms with Crippen LogP contribution in [0.4, 0.5) is 14.9 Å². The van der Waals surface area contributed by atoms with Gasteiger partial charge in [0, 0.05) is 25.3 Å². The molecule has 1 unspecified atom stereocenters. The van der Waals surface area contributed by atoms with Gasteiger partial charge in [-0.05, 0) is 80.8 Å². The molecule has 44 heavy (non-hydrogen) atoms. The molecule has 0 spiro atoms. The number of amides is 3. The first-order chi connectivity index (χ1) is 20.9. The average molecular weight is 624 g/mol. The van der Waals surface area contributed by atoms with E-state index in [2.05, 4.69) is 0 Å². The number of alkyl halides is 1. The molecule has 0 radical (unpaired) electrons. The molecule has 8 nitrogen and oxygen atoms in total. The Morgan fingerprint density at radius 1 is 0.932 bits per heavy atom. The maximum absolute atomic E-state index is 14.4. The summed E-state index contributed by atoms with van der Waals surface area (Å²) >= 11 is 6.10. The molecule has 0 bridgehead atoms. The number of carbonyl (C=O) groups excluding carboxylic acids is 3. The highest BCUT2D eigenvalue weighted by Gasteiger charge is 2.41. The van der Waals surface area contributed by atoms with Crippen molar-refractivity contribution in [1.29, 1.82) is 0 Å². The minimum absolute atomic E-state index is 0.0140. The number of benzene rings is 3. The van der Waals surface area contributed by atoms with Crippen LogP contribution in [0.2, 0.25) is 0 Å². The third-order valence-electron chi connectivity index (χ3n) is 7.28. The highest BCUT2D eigenvalue weighted by molar-refractivity contribution is 6.29. The van der Waals surface area contributed by atoms with Crippen LogP contribution in [-0.4, -0.2) is 64.9 Å². The number of carbonyl (C=O) groups is 3. The van der Waals surface area contributed by atoms with Crippen molar-refractivity contribution in [2.45, 2.75) is 52.3 Å². The zero-order valence-corrected chi connectivity index (χ0v) is 26.5. The second kappa shape index (κ2) is 14.1. The second-order valence-electron chi connectivity index (χ2n) is 12.0. The van der Waals surface area contributed by atoms with Gasteiger partial charge < -0.3 is 19.3 Å². The number of hydrogen-bond acceptors (Lipinski definition) is 5. The summed E-state index contributed by atoms with van der Waals surface area (Å²) in [5, 5.41) is 0. The molecular weight excluding hydrogens is 585 g/mol. The molecule has 1 fully saturated rings. The van der Waals surface area contributed by atoms with E-state index in [0.29, 0.717) is 22.7 Å². The van der Waals surface area contributed by atoms with Crippen LogP contribution in [-0.2, 0) is 14.3 Å². The van der Waals surface area contributed by atoms with E-state index in [0.717, 1.165) is 0 Å². The van der Waals surface area contributed by atoms with Gasteiger partial charge in [0.15, 0.2) is 0 Å². The number of piperazine rings is 1. The van der Waals surface area contributed by atoms with E-state index in [1.165, 1.54) is 29.2 Å². The minimum Gasteiger partial charge on any atom is -0.457 e. The van der Waals surface area contributed by atoms with E-state index in [-0.39, 0.29) is 43.4 Å². The van der Waals surface area contributed by atoms with Crippen molar-refractivity contribution in [3.63, 3.8) is 0 Å². The van der Waals surface area contributed by atoms with E-state index in [4.69, 9.17) is 21.1 Å². The Balaban J connectivity index is 1.67. The first-order valence-electron chi connectivity index (χ1n) is 14.6. The van der Waals surface area contributed by atoms with E-state index in [1.807, 2.05) is 65.0 Å². The van der Waals surface area contributed by atoms with Crippen LogP contribution in [0.25, 0.3) is 0 Å². The number of anilines is 1. The van der Waals surface area contributed by atoms with Gasteiger partial charge in [-0.15, -0.1) is 11.6 Å². The van der Waals surface area contributed by atoms with Crippen LogP contribution in [0, 0.1) is 11.7 Å². The van der Waals surface area contributed by atoms with Gasteiger partial charge in [-0.25, -0.2) is 9.18 Å². The van der Waals surface area contributed by atoms with Crippen LogP contribution in [0.3, 0.4) is 0 Å². The van der Waals surface area contributed by atoms with Gasteiger partial charge >= 0.3 is 6.09 Å². The summed E-state index contributed by atoms with van der Waals surface area (Å²) in [7, 11) is 0. The first kappa shape index (κ1) is 32.8. The lowest BCUT2D eigenvalue weighted by Crippen LogP contribution is -2.60. The number of hydrogen-bond donors (Lipinski definition) is 0. The smallest absolute Gasteiger partial charge is 0.410 e. The molecule has 0 aliphatic carbocycles. The number of halogens is 2. The SMILES string of the molecule is CC(C)C1CN(C(=O)[C@H](c2ccc(F)cc2)N(C(=O)CCl)c2ccc(Oc3ccccc3)cc2)CCN1C(=O)OC(C)(C)C. The van der Waals surface area contributed by atoms with Gasteiger partial charge in [0.2, 0.25) is 5.91 Å². The molecule has 3 amide bonds. The van der Waals surface area contributed by atoms with Crippen LogP contribution in [0.1, 0.15) is 46.2 Å². The Labute approximate surface area is 263 Å². The summed E-state index contributed by atoms with van der Waals surface area (Å²) in [5.74, 6) is -0.509. The lowest BCUT2D eigenvalue weighted by atomic mass is 9.97. The normalized spacial score (nSPS) is 16.0. The van der Waals surface area contributed by atoms with Crippen molar-refractivity contribution in [3.8, 4) is 11.5 Å². The van der Waals surface area contributed by atoms with Gasteiger partial charge in [0.25, 0.3) is 5.91 Å². The van der Waals surface area contributed by atoms with Crippen LogP contribution < -0.4 is 9.64 Å². The highest BCUT2D eigenvalue weighted by Crippen LogP contribution is 2.33. The predicted octanol–water partition coefficient (Wildman–Crippen LogP) is 7.04. The molecule has 2 atom stereocenters. The van der Waals surface area contributed by atoms with E-state index >= 15 is 0 Å². The van der Waals surface area contributed by atoms with Gasteiger partial charge in [0.1, 0.15) is 34.8 Å². The van der Waals surface area contributed by atoms with Gasteiger partial charge in [-0.1, -0.05) is 44.2 Å². The molecule has 1 heterocycles. The fourth-order valence-corrected chi connectivity index (χ4v) is 5.28. The Morgan fingerprint density at radius 2 is 1.55 bits per heavy atom. The Hall–Kier alpha value is -4.11. The molecular formula is C34H39ClFN3O5. The number of rotatable bonds is 8. The molecule has 234 valence electrons. The average Bonchev–Trinajstić information content (AvgIpc) is 2.99. The Bertz CT molecular complexity index is 1430. The van der Waals surface area contributed by atoms with Crippen molar-refractivity contribution in [1.82, 2.24) is 9.80 Å². The van der Waals surface area contributed by atoms with Crippen molar-refractivity contribution in [2.24, 2.45) is 5.92 Å². The summed E-state index contributed by atoms with van der Waals surface area (Å²) in [6, 6.07) is 20.1. The van der Waals surface area contributed by atoms with Crippen LogP contribution >= 0.6 is 11.6 Å². The number of nitrogens with zero attached hydrogens (tertiary/aromatic N) is 3. The molecule has 3 aromatic carbocycles. The van der Waals surface area contributed by atoms with Gasteiger partial charge in [-0.2, -0.15) is 0 Å². The minimum atomic E-state index is -1.14. The lowest BCUT2D eigenvalue weighted by molar-refractivity contribution is -0.137. The summed E-state index contributed by atoms with van der Waals surface area (Å²) in [4.78, 5) is 45.6. The fourth-order valence-electron chi connectivity index (χ4n) is 5.15. The highest BCUT2D eigenvalue weighted by atomic mass is 35.5. The monoisotopic (exact) mass is 623 g/mol. The van der Waals surface area contributed by atoms with Gasteiger partial charge in [0.05, 0.1) is 6.04 Å². The molecule has 1 aliphatic heterocycles. The number of para-hydroxylation sites is 1. The molecule has 0 saturated carbocycles. The first-order valence-corrected chi connectivity index (χ1v) is 15.2. The van der Waals surface area contributed by atoms with Crippen molar-refractivity contribution in [2.75, 3.05) is 30.4 Å². The maximum Gasteiger partial charge on any atom is 0.410 e. The molecule has 10 heteroatoms. The van der Waals surface area contributed by atoms with Crippen molar-refractivity contribution < 1.29 is 28.2 Å². The topological polar surface area (TPSA) is 79.4 Å². The third-order valence-corrected chi connectivity index (χ3v) is 7.51. The van der Waals surface area contributed by atoms with E-state index < -0.39 is 29.5 Å². The summed E-state index contributed by atoms with van der Waals surface area (Å²) in [6.07, 6.45) is -0.435. The lowest BCUT2D eigenvalue weighted by Gasteiger charge is -2.45. The van der Waals surface area contributed by atoms with Crippen LogP contribution in [0.5, 0.6) is 11.5 Å². The Kier molecular flexibility index (Phi) is 10.5. The fraction of sp³-hybridized carbons (Fsp3) is 0.382.